The summed E-state index contributed by atoms with van der Waals surface area (Å²) in [5.41, 5.74) is 1.55. The second kappa shape index (κ2) is 21.2. The highest BCUT2D eigenvalue weighted by Gasteiger charge is 2.37. The maximum absolute atomic E-state index is 14.7. The second-order valence-electron chi connectivity index (χ2n) is 18.6. The van der Waals surface area contributed by atoms with E-state index >= 15 is 0 Å². The Balaban J connectivity index is 0.000000178. The van der Waals surface area contributed by atoms with Crippen molar-refractivity contribution in [1.29, 1.82) is 0 Å². The molecule has 20 heteroatoms. The number of Topliss-reactive ketones (excluding diaryl/α,β-unsaturated/α-hetero) is 2. The van der Waals surface area contributed by atoms with Crippen molar-refractivity contribution in [2.75, 3.05) is 0 Å². The minimum absolute atomic E-state index is 0.131. The van der Waals surface area contributed by atoms with Gasteiger partial charge in [-0.25, -0.2) is 8.78 Å². The molecule has 0 aliphatic heterocycles. The van der Waals surface area contributed by atoms with Crippen molar-refractivity contribution in [2.45, 2.75) is 114 Å². The fraction of sp³-hybridized carbons (Fsp3) is 0.385. The molecule has 10 rings (SSSR count). The number of aromatic nitrogens is 4. The van der Waals surface area contributed by atoms with Crippen molar-refractivity contribution < 1.29 is 66.9 Å². The van der Waals surface area contributed by atoms with Gasteiger partial charge in [0, 0.05) is 34.1 Å². The van der Waals surface area contributed by atoms with E-state index in [1.807, 2.05) is 0 Å². The van der Waals surface area contributed by atoms with Crippen molar-refractivity contribution >= 4 is 23.4 Å². The molecule has 0 saturated heterocycles. The lowest BCUT2D eigenvalue weighted by molar-refractivity contribution is 0.0295. The minimum Gasteiger partial charge on any atom is -0.481 e. The van der Waals surface area contributed by atoms with Gasteiger partial charge in [-0.15, -0.1) is 0 Å². The summed E-state index contributed by atoms with van der Waals surface area (Å²) in [5, 5.41) is 52.0. The number of hydrogen-bond acceptors (Lipinski definition) is 16. The summed E-state index contributed by atoms with van der Waals surface area (Å²) < 4.78 is 51.7. The van der Waals surface area contributed by atoms with Crippen LogP contribution in [-0.2, 0) is 0 Å². The van der Waals surface area contributed by atoms with Crippen LogP contribution in [0.2, 0.25) is 0 Å². The van der Waals surface area contributed by atoms with Gasteiger partial charge in [0.25, 0.3) is 23.6 Å². The lowest BCUT2D eigenvalue weighted by atomic mass is 10.1. The maximum atomic E-state index is 14.7. The SMILES string of the molecule is C[C@@H](Oc1ccc(C(=O)C2CC2)cc1)c1nc(-c2ccc(C(=O)N[C@@H]3CC[C@@H](O)[C@H]3O)c(F)c2)no1.C[C@@H](Oc1ccc(C(=O)C2CC2)cc1)c1nc(-c2ccc(C(=O)N[C@H]3CC[C@H](O)[C@@H]3O)c(F)c2)no1. The van der Waals surface area contributed by atoms with Crippen molar-refractivity contribution in [1.82, 2.24) is 30.9 Å². The third-order valence-corrected chi connectivity index (χ3v) is 13.1. The molecule has 0 unspecified atom stereocenters. The van der Waals surface area contributed by atoms with Crippen molar-refractivity contribution in [3.05, 3.63) is 131 Å². The molecule has 376 valence electrons. The molecule has 6 N–H and O–H groups in total. The molecule has 72 heavy (non-hydrogen) atoms. The smallest absolute Gasteiger partial charge is 0.267 e. The molecule has 4 saturated carbocycles. The highest BCUT2D eigenvalue weighted by Crippen LogP contribution is 2.35. The number of carbonyl (C=O) groups excluding carboxylic acids is 4. The number of nitrogens with zero attached hydrogens (tertiary/aromatic N) is 4. The number of benzene rings is 4. The lowest BCUT2D eigenvalue weighted by Gasteiger charge is -2.18. The number of nitrogens with one attached hydrogen (secondary N) is 2. The summed E-state index contributed by atoms with van der Waals surface area (Å²) >= 11 is 0. The topological polar surface area (TPSA) is 270 Å². The zero-order valence-electron chi connectivity index (χ0n) is 39.1. The van der Waals surface area contributed by atoms with Gasteiger partial charge in [0.1, 0.15) is 35.3 Å². The number of halogens is 2. The highest BCUT2D eigenvalue weighted by atomic mass is 19.1. The fourth-order valence-corrected chi connectivity index (χ4v) is 8.51. The van der Waals surface area contributed by atoms with Crippen LogP contribution < -0.4 is 20.1 Å². The normalized spacial score (nSPS) is 22.3. The number of aliphatic hydroxyl groups excluding tert-OH is 4. The highest BCUT2D eigenvalue weighted by molar-refractivity contribution is 6.00. The van der Waals surface area contributed by atoms with Crippen LogP contribution in [0.15, 0.2) is 94.0 Å². The molecule has 4 aromatic carbocycles. The minimum atomic E-state index is -1.08. The van der Waals surface area contributed by atoms with E-state index in [4.69, 9.17) is 18.5 Å². The zero-order valence-corrected chi connectivity index (χ0v) is 39.1. The van der Waals surface area contributed by atoms with E-state index in [0.717, 1.165) is 37.8 Å². The zero-order chi connectivity index (χ0) is 50.8. The molecule has 0 spiro atoms. The first kappa shape index (κ1) is 49.7. The molecule has 4 fully saturated rings. The molecule has 0 radical (unpaired) electrons. The van der Waals surface area contributed by atoms with E-state index in [1.165, 1.54) is 24.3 Å². The van der Waals surface area contributed by atoms with Crippen LogP contribution >= 0.6 is 0 Å². The molecule has 6 aromatic rings. The van der Waals surface area contributed by atoms with Gasteiger partial charge in [-0.05, 0) is 138 Å². The Morgan fingerprint density at radius 1 is 0.556 bits per heavy atom. The van der Waals surface area contributed by atoms with E-state index in [9.17, 15) is 48.4 Å². The molecule has 4 aliphatic rings. The predicted molar refractivity (Wildman–Crippen MR) is 249 cm³/mol. The summed E-state index contributed by atoms with van der Waals surface area (Å²) in [7, 11) is 0. The average molecular weight is 991 g/mol. The molecular weight excluding hydrogens is 939 g/mol. The van der Waals surface area contributed by atoms with Crippen LogP contribution in [0.25, 0.3) is 22.8 Å². The summed E-state index contributed by atoms with van der Waals surface area (Å²) in [6.07, 6.45) is 0.154. The van der Waals surface area contributed by atoms with E-state index in [1.54, 1.807) is 62.4 Å². The number of ether oxygens (including phenoxy) is 2. The summed E-state index contributed by atoms with van der Waals surface area (Å²) in [6, 6.07) is 20.4. The monoisotopic (exact) mass is 990 g/mol. The quantitative estimate of drug-likeness (QED) is 0.0569. The Hall–Kier alpha value is -7.26. The fourth-order valence-electron chi connectivity index (χ4n) is 8.51. The van der Waals surface area contributed by atoms with Gasteiger partial charge in [-0.2, -0.15) is 9.97 Å². The Labute approximate surface area is 410 Å². The summed E-state index contributed by atoms with van der Waals surface area (Å²) in [5.74, 6) is -0.629. The molecule has 0 bridgehead atoms. The van der Waals surface area contributed by atoms with E-state index < -0.39 is 72.2 Å². The van der Waals surface area contributed by atoms with Crippen LogP contribution in [0, 0.1) is 23.5 Å². The molecule has 18 nitrogen and oxygen atoms in total. The standard InChI is InChI=1S/2C26H26FN3O6/c2*1-13(35-17-7-4-15(5-8-17)22(32)14-2-3-14)26-29-24(30-36-26)16-6-9-18(19(27)12-16)25(34)28-20-10-11-21(31)23(20)33/h2*4-9,12-14,20-21,23,31,33H,2-3,10-11H2,1H3,(H,28,34)/t13-,20+,21+,23-;13-,20-,21-,23+/m11/s1. The lowest BCUT2D eigenvalue weighted by Crippen LogP contribution is -2.43. The number of carbonyl (C=O) groups is 4. The van der Waals surface area contributed by atoms with Crippen molar-refractivity contribution in [2.24, 2.45) is 11.8 Å². The van der Waals surface area contributed by atoms with Gasteiger partial charge >= 0.3 is 0 Å². The Morgan fingerprint density at radius 2 is 0.931 bits per heavy atom. The number of amides is 2. The Kier molecular flexibility index (Phi) is 14.7. The van der Waals surface area contributed by atoms with Crippen LogP contribution in [0.3, 0.4) is 0 Å². The van der Waals surface area contributed by atoms with Gasteiger partial charge in [0.2, 0.25) is 11.6 Å². The summed E-state index contributed by atoms with van der Waals surface area (Å²) in [6.45, 7) is 3.45. The Bertz CT molecular complexity index is 2740. The number of rotatable bonds is 16. The van der Waals surface area contributed by atoms with Gasteiger partial charge in [-0.1, -0.05) is 22.4 Å². The van der Waals surface area contributed by atoms with Crippen LogP contribution in [-0.4, -0.2) is 101 Å². The molecule has 2 aromatic heterocycles. The third-order valence-electron chi connectivity index (χ3n) is 13.1. The van der Waals surface area contributed by atoms with Crippen molar-refractivity contribution in [3.63, 3.8) is 0 Å². The van der Waals surface area contributed by atoms with Crippen LogP contribution in [0.1, 0.15) is 131 Å². The van der Waals surface area contributed by atoms with E-state index in [-0.39, 0.29) is 58.0 Å². The first-order valence-electron chi connectivity index (χ1n) is 23.8. The number of aliphatic hydroxyl groups is 4. The van der Waals surface area contributed by atoms with Gasteiger partial charge in [0.05, 0.1) is 35.4 Å². The third kappa shape index (κ3) is 11.4. The first-order valence-corrected chi connectivity index (χ1v) is 23.8. The number of ketones is 2. The predicted octanol–water partition coefficient (Wildman–Crippen LogP) is 6.44. The van der Waals surface area contributed by atoms with Gasteiger partial charge in [0.15, 0.2) is 23.8 Å². The second-order valence-corrected chi connectivity index (χ2v) is 18.6. The molecular formula is C52H52F2N6O12. The van der Waals surface area contributed by atoms with Crippen LogP contribution in [0.5, 0.6) is 11.5 Å². The van der Waals surface area contributed by atoms with Crippen LogP contribution in [0.4, 0.5) is 8.78 Å². The maximum Gasteiger partial charge on any atom is 0.267 e. The molecule has 2 amide bonds. The molecule has 4 aliphatic carbocycles. The average Bonchev–Trinajstić information content (AvgIpc) is 4.25. The van der Waals surface area contributed by atoms with Gasteiger partial charge < -0.3 is 49.6 Å². The summed E-state index contributed by atoms with van der Waals surface area (Å²) in [4.78, 5) is 57.8. The molecule has 2 heterocycles. The number of hydrogen-bond donors (Lipinski definition) is 6. The van der Waals surface area contributed by atoms with E-state index in [2.05, 4.69) is 30.9 Å². The van der Waals surface area contributed by atoms with Gasteiger partial charge in [-0.3, -0.25) is 19.2 Å². The van der Waals surface area contributed by atoms with E-state index in [0.29, 0.717) is 59.4 Å². The Morgan fingerprint density at radius 3 is 1.25 bits per heavy atom. The van der Waals surface area contributed by atoms with Crippen molar-refractivity contribution in [3.8, 4) is 34.3 Å². The molecule has 8 atom stereocenters. The largest absolute Gasteiger partial charge is 0.481 e. The first-order chi connectivity index (χ1) is 34.6.